The first-order valence-corrected chi connectivity index (χ1v) is 27.1. The number of halogens is 4. The van der Waals surface area contributed by atoms with E-state index in [9.17, 15) is 0 Å². The highest BCUT2D eigenvalue weighted by Crippen LogP contribution is 2.60. The zero-order valence-electron chi connectivity index (χ0n) is 45.6. The average Bonchev–Trinajstić information content (AvgIpc) is 4.02. The Morgan fingerprint density at radius 3 is 1.05 bits per heavy atom. The van der Waals surface area contributed by atoms with Crippen molar-refractivity contribution in [3.63, 3.8) is 0 Å². The second kappa shape index (κ2) is 16.2. The number of aromatic nitrogens is 2. The summed E-state index contributed by atoms with van der Waals surface area (Å²) < 4.78 is 68.3. The van der Waals surface area contributed by atoms with Gasteiger partial charge in [0, 0.05) is 55.9 Å². The molecule has 0 bridgehead atoms. The SMILES string of the molecule is CC(C)(C)c1ccc2c(c1)c1ccccc1n2-c1ccc2c(c1)C(C)(C)c1cc3c(-c4cc(F)cc(F)c4)c4c(cc3c(-c3cc(F)cc(F)c3)c1-2)C(C)(C)c1cc(-n2c3ccccc3c3cc(C(C)(C)C)ccc32)ccc1-4. The van der Waals surface area contributed by atoms with Crippen LogP contribution in [0.5, 0.6) is 0 Å². The van der Waals surface area contributed by atoms with Gasteiger partial charge in [-0.15, -0.1) is 0 Å². The minimum atomic E-state index is -0.696. The molecule has 2 aromatic heterocycles. The Morgan fingerprint density at radius 2 is 0.679 bits per heavy atom. The van der Waals surface area contributed by atoms with Crippen LogP contribution in [0.25, 0.3) is 110 Å². The molecule has 0 fully saturated rings. The van der Waals surface area contributed by atoms with E-state index in [0.29, 0.717) is 22.3 Å². The third-order valence-electron chi connectivity index (χ3n) is 17.6. The van der Waals surface area contributed by atoms with Crippen molar-refractivity contribution in [1.29, 1.82) is 0 Å². The molecule has 0 amide bonds. The van der Waals surface area contributed by atoms with E-state index in [4.69, 9.17) is 0 Å². The summed E-state index contributed by atoms with van der Waals surface area (Å²) in [7, 11) is 0. The summed E-state index contributed by atoms with van der Waals surface area (Å²) in [5, 5.41) is 6.17. The van der Waals surface area contributed by atoms with Crippen LogP contribution in [0.3, 0.4) is 0 Å². The molecule has 6 heteroatoms. The topological polar surface area (TPSA) is 9.86 Å². The van der Waals surface area contributed by atoms with Gasteiger partial charge in [0.25, 0.3) is 0 Å². The minimum Gasteiger partial charge on any atom is -0.309 e. The molecule has 0 N–H and O–H groups in total. The van der Waals surface area contributed by atoms with Gasteiger partial charge in [-0.05, 0) is 197 Å². The molecule has 12 aromatic rings. The predicted molar refractivity (Wildman–Crippen MR) is 316 cm³/mol. The highest BCUT2D eigenvalue weighted by molar-refractivity contribution is 6.17. The number of benzene rings is 10. The largest absolute Gasteiger partial charge is 0.309 e. The second-order valence-corrected chi connectivity index (χ2v) is 25.1. The zero-order valence-corrected chi connectivity index (χ0v) is 45.6. The molecule has 14 rings (SSSR count). The average molecular weight is 1030 g/mol. The summed E-state index contributed by atoms with van der Waals surface area (Å²) in [6.07, 6.45) is 0. The Kier molecular flexibility index (Phi) is 9.99. The lowest BCUT2D eigenvalue weighted by atomic mass is 9.76. The maximum atomic E-state index is 15.9. The van der Waals surface area contributed by atoms with Crippen LogP contribution in [0.1, 0.15) is 103 Å². The maximum Gasteiger partial charge on any atom is 0.126 e. The molecule has 0 saturated carbocycles. The van der Waals surface area contributed by atoms with E-state index in [-0.39, 0.29) is 10.8 Å². The van der Waals surface area contributed by atoms with Gasteiger partial charge in [0.15, 0.2) is 0 Å². The Morgan fingerprint density at radius 1 is 0.321 bits per heavy atom. The van der Waals surface area contributed by atoms with Crippen molar-refractivity contribution >= 4 is 54.4 Å². The fourth-order valence-electron chi connectivity index (χ4n) is 13.6. The molecule has 0 aliphatic heterocycles. The normalized spacial score (nSPS) is 14.5. The van der Waals surface area contributed by atoms with Crippen molar-refractivity contribution in [2.45, 2.75) is 90.9 Å². The summed E-state index contributed by atoms with van der Waals surface area (Å²) in [4.78, 5) is 0. The van der Waals surface area contributed by atoms with Crippen LogP contribution >= 0.6 is 0 Å². The Labute approximate surface area is 452 Å². The first kappa shape index (κ1) is 48.2. The van der Waals surface area contributed by atoms with Crippen LogP contribution in [-0.2, 0) is 21.7 Å². The number of rotatable bonds is 4. The third-order valence-corrected chi connectivity index (χ3v) is 17.6. The van der Waals surface area contributed by atoms with Gasteiger partial charge in [-0.1, -0.05) is 130 Å². The van der Waals surface area contributed by atoms with Crippen molar-refractivity contribution in [2.75, 3.05) is 0 Å². The summed E-state index contributed by atoms with van der Waals surface area (Å²) in [6.45, 7) is 22.3. The third kappa shape index (κ3) is 6.87. The van der Waals surface area contributed by atoms with Crippen LogP contribution in [0, 0.1) is 23.3 Å². The van der Waals surface area contributed by atoms with E-state index >= 15 is 17.6 Å². The van der Waals surface area contributed by atoms with Crippen molar-refractivity contribution < 1.29 is 17.6 Å². The Balaban J connectivity index is 1.04. The molecule has 10 aromatic carbocycles. The van der Waals surface area contributed by atoms with Crippen LogP contribution in [0.2, 0.25) is 0 Å². The fourth-order valence-corrected chi connectivity index (χ4v) is 13.6. The molecule has 0 atom stereocenters. The first-order chi connectivity index (χ1) is 37.1. The first-order valence-electron chi connectivity index (χ1n) is 27.1. The van der Waals surface area contributed by atoms with Crippen LogP contribution in [0.15, 0.2) is 170 Å². The minimum absolute atomic E-state index is 0.0380. The quantitative estimate of drug-likeness (QED) is 0.156. The van der Waals surface area contributed by atoms with Crippen molar-refractivity contribution in [3.8, 4) is 55.9 Å². The van der Waals surface area contributed by atoms with Gasteiger partial charge in [-0.3, -0.25) is 0 Å². The van der Waals surface area contributed by atoms with Gasteiger partial charge in [0.2, 0.25) is 0 Å². The van der Waals surface area contributed by atoms with Crippen molar-refractivity contribution in [2.24, 2.45) is 0 Å². The molecule has 0 saturated heterocycles. The molecule has 384 valence electrons. The molecule has 2 nitrogen and oxygen atoms in total. The molecule has 0 unspecified atom stereocenters. The number of hydrogen-bond donors (Lipinski definition) is 0. The molecular formula is C72H58F4N2. The van der Waals surface area contributed by atoms with Crippen LogP contribution in [-0.4, -0.2) is 9.13 Å². The number of hydrogen-bond acceptors (Lipinski definition) is 0. The zero-order chi connectivity index (χ0) is 54.3. The lowest BCUT2D eigenvalue weighted by Gasteiger charge is -2.27. The monoisotopic (exact) mass is 1030 g/mol. The second-order valence-electron chi connectivity index (χ2n) is 25.1. The maximum absolute atomic E-state index is 15.9. The van der Waals surface area contributed by atoms with E-state index < -0.39 is 34.1 Å². The van der Waals surface area contributed by atoms with Gasteiger partial charge in [0.05, 0.1) is 22.1 Å². The lowest BCUT2D eigenvalue weighted by molar-refractivity contribution is 0.583. The van der Waals surface area contributed by atoms with Gasteiger partial charge < -0.3 is 9.13 Å². The predicted octanol–water partition coefficient (Wildman–Crippen LogP) is 20.1. The van der Waals surface area contributed by atoms with E-state index in [0.717, 1.165) is 101 Å². The summed E-state index contributed by atoms with van der Waals surface area (Å²) in [5.74, 6) is -2.78. The van der Waals surface area contributed by atoms with Gasteiger partial charge >= 0.3 is 0 Å². The van der Waals surface area contributed by atoms with Gasteiger partial charge in [0.1, 0.15) is 23.3 Å². The smallest absolute Gasteiger partial charge is 0.126 e. The van der Waals surface area contributed by atoms with E-state index in [1.807, 2.05) is 0 Å². The van der Waals surface area contributed by atoms with Crippen LogP contribution in [0.4, 0.5) is 17.6 Å². The number of nitrogens with zero attached hydrogens (tertiary/aromatic N) is 2. The van der Waals surface area contributed by atoms with Crippen molar-refractivity contribution in [1.82, 2.24) is 9.13 Å². The number of para-hydroxylation sites is 2. The Bertz CT molecular complexity index is 4290. The van der Waals surface area contributed by atoms with E-state index in [1.165, 1.54) is 56.9 Å². The summed E-state index contributed by atoms with van der Waals surface area (Å²) >= 11 is 0. The Hall–Kier alpha value is -8.22. The van der Waals surface area contributed by atoms with Gasteiger partial charge in [-0.2, -0.15) is 0 Å². The lowest BCUT2D eigenvalue weighted by Crippen LogP contribution is -2.16. The van der Waals surface area contributed by atoms with Crippen LogP contribution < -0.4 is 0 Å². The highest BCUT2D eigenvalue weighted by Gasteiger charge is 2.43. The summed E-state index contributed by atoms with van der Waals surface area (Å²) in [6, 6.07) is 55.7. The molecule has 2 heterocycles. The molecule has 2 aliphatic carbocycles. The molecular weight excluding hydrogens is 969 g/mol. The standard InChI is InChI=1S/C72H58F4N2/c1-69(2,3)41-19-25-63-53(31-41)49-15-11-13-17-61(49)77(63)47-21-23-51-57(35-47)71(7,8)59-37-55-56(65(67(51)59)39-27-43(73)33-44(74)28-39)38-60-68(66(55)40-29-45(75)34-46(76)30-40)52-24-22-48(36-58(52)72(60,9)10)78-62-18-14-12-16-50(62)54-32-42(70(4,5)6)20-26-64(54)78/h11-38H,1-10H3. The molecule has 0 spiro atoms. The fraction of sp³-hybridized carbons (Fsp3) is 0.194. The highest BCUT2D eigenvalue weighted by atomic mass is 19.1. The van der Waals surface area contributed by atoms with Crippen molar-refractivity contribution in [3.05, 3.63) is 227 Å². The van der Waals surface area contributed by atoms with Gasteiger partial charge in [-0.25, -0.2) is 17.6 Å². The van der Waals surface area contributed by atoms with E-state index in [1.54, 1.807) is 0 Å². The summed E-state index contributed by atoms with van der Waals surface area (Å²) in [5.41, 5.74) is 17.3. The molecule has 0 radical (unpaired) electrons. The number of fused-ring (bicyclic) bond motifs is 13. The molecule has 78 heavy (non-hydrogen) atoms. The molecule has 2 aliphatic rings. The van der Waals surface area contributed by atoms with E-state index in [2.05, 4.69) is 212 Å².